The molecule has 1 saturated carbocycles. The Labute approximate surface area is 110 Å². The zero-order valence-corrected chi connectivity index (χ0v) is 11.6. The molecule has 0 aromatic rings. The molecule has 0 bridgehead atoms. The molecule has 0 aromatic heterocycles. The van der Waals surface area contributed by atoms with Crippen LogP contribution in [0.2, 0.25) is 0 Å². The molecule has 3 nitrogen and oxygen atoms in total. The summed E-state index contributed by atoms with van der Waals surface area (Å²) in [5.41, 5.74) is 0.324. The van der Waals surface area contributed by atoms with Crippen molar-refractivity contribution in [3.8, 4) is 0 Å². The van der Waals surface area contributed by atoms with Gasteiger partial charge in [0, 0.05) is 12.1 Å². The maximum atomic E-state index is 11.7. The van der Waals surface area contributed by atoms with Crippen molar-refractivity contribution in [3.05, 3.63) is 17.4 Å². The van der Waals surface area contributed by atoms with Gasteiger partial charge < -0.3 is 15.4 Å². The van der Waals surface area contributed by atoms with Crippen LogP contribution in [-0.2, 0) is 0 Å². The van der Waals surface area contributed by atoms with Crippen molar-refractivity contribution in [1.29, 1.82) is 0 Å². The van der Waals surface area contributed by atoms with Gasteiger partial charge in [0.15, 0.2) is 0 Å². The summed E-state index contributed by atoms with van der Waals surface area (Å²) in [5, 5.41) is 21.9. The van der Waals surface area contributed by atoms with Crippen LogP contribution in [0.1, 0.15) is 52.4 Å². The zero-order chi connectivity index (χ0) is 13.2. The first-order chi connectivity index (χ1) is 8.63. The van der Waals surface area contributed by atoms with Gasteiger partial charge in [-0.2, -0.15) is 0 Å². The fraction of sp³-hybridized carbons (Fsp3) is 0.867. The van der Waals surface area contributed by atoms with Crippen LogP contribution in [0.25, 0.3) is 0 Å². The van der Waals surface area contributed by atoms with Gasteiger partial charge in [-0.3, -0.25) is 0 Å². The van der Waals surface area contributed by atoms with Crippen molar-refractivity contribution in [2.24, 2.45) is 11.3 Å². The predicted octanol–water partition coefficient (Wildman–Crippen LogP) is 3.08. The first-order valence-corrected chi connectivity index (χ1v) is 7.37. The van der Waals surface area contributed by atoms with Gasteiger partial charge in [0.1, 0.15) is 0 Å². The van der Waals surface area contributed by atoms with Crippen LogP contribution >= 0.6 is 0 Å². The fourth-order valence-corrected chi connectivity index (χ4v) is 3.23. The molecule has 1 aliphatic heterocycles. The van der Waals surface area contributed by atoms with Gasteiger partial charge in [-0.05, 0) is 43.4 Å². The van der Waals surface area contributed by atoms with Crippen LogP contribution in [0, 0.1) is 16.5 Å². The molecule has 2 fully saturated rings. The monoisotopic (exact) mass is 252 g/mol. The Hall–Kier alpha value is -0.380. The van der Waals surface area contributed by atoms with Crippen LogP contribution in [0.15, 0.2) is 12.2 Å². The molecule has 1 aliphatic carbocycles. The van der Waals surface area contributed by atoms with E-state index in [1.54, 1.807) is 0 Å². The van der Waals surface area contributed by atoms with Crippen LogP contribution in [-0.4, -0.2) is 28.9 Å². The molecule has 104 valence electrons. The molecule has 0 amide bonds. The molecule has 0 spiro atoms. The summed E-state index contributed by atoms with van der Waals surface area (Å²) in [4.78, 5) is 0. The van der Waals surface area contributed by atoms with Crippen molar-refractivity contribution in [2.45, 2.75) is 64.5 Å². The van der Waals surface area contributed by atoms with E-state index in [2.05, 4.69) is 19.9 Å². The predicted molar refractivity (Wildman–Crippen MR) is 74.0 cm³/mol. The highest BCUT2D eigenvalue weighted by Crippen LogP contribution is 2.53. The molecule has 1 N–H and O–H groups in total. The van der Waals surface area contributed by atoms with Crippen LogP contribution in [0.4, 0.5) is 0 Å². The SMILES string of the molecule is CCC[C@@H](C)C1C(CCC2(/C=C/CO)CC2)N1[O-]. The number of aliphatic hydroxyl groups excluding tert-OH is 1. The Bertz CT molecular complexity index is 299. The second-order valence-corrected chi connectivity index (χ2v) is 6.17. The van der Waals surface area contributed by atoms with Gasteiger partial charge in [-0.25, -0.2) is 0 Å². The summed E-state index contributed by atoms with van der Waals surface area (Å²) in [6.45, 7) is 4.52. The topological polar surface area (TPSA) is 46.3 Å². The fourth-order valence-electron chi connectivity index (χ4n) is 3.23. The minimum Gasteiger partial charge on any atom is -0.785 e. The lowest BCUT2D eigenvalue weighted by molar-refractivity contribution is 0.341. The number of aliphatic hydroxyl groups is 1. The quantitative estimate of drug-likeness (QED) is 0.533. The van der Waals surface area contributed by atoms with Gasteiger partial charge in [0.25, 0.3) is 0 Å². The highest BCUT2D eigenvalue weighted by molar-refractivity contribution is 5.12. The van der Waals surface area contributed by atoms with Gasteiger partial charge in [0.05, 0.1) is 6.61 Å². The highest BCUT2D eigenvalue weighted by Gasteiger charge is 2.46. The maximum Gasteiger partial charge on any atom is 0.0612 e. The smallest absolute Gasteiger partial charge is 0.0612 e. The number of allylic oxidation sites excluding steroid dienone is 1. The van der Waals surface area contributed by atoms with Crippen LogP contribution < -0.4 is 0 Å². The van der Waals surface area contributed by atoms with E-state index in [1.807, 2.05) is 6.08 Å². The number of hydroxylamine groups is 2. The van der Waals surface area contributed by atoms with E-state index in [9.17, 15) is 5.21 Å². The summed E-state index contributed by atoms with van der Waals surface area (Å²) in [5.74, 6) is 0.542. The van der Waals surface area contributed by atoms with Crippen molar-refractivity contribution < 1.29 is 5.11 Å². The lowest BCUT2D eigenvalue weighted by Crippen LogP contribution is -2.08. The highest BCUT2D eigenvalue weighted by atomic mass is 16.5. The summed E-state index contributed by atoms with van der Waals surface area (Å²) >= 11 is 0. The van der Waals surface area contributed by atoms with Crippen molar-refractivity contribution in [2.75, 3.05) is 6.61 Å². The molecule has 4 atom stereocenters. The Morgan fingerprint density at radius 3 is 2.78 bits per heavy atom. The third-order valence-corrected chi connectivity index (χ3v) is 4.66. The zero-order valence-electron chi connectivity index (χ0n) is 11.6. The Balaban J connectivity index is 1.74. The van der Waals surface area contributed by atoms with Crippen LogP contribution in [0.5, 0.6) is 0 Å². The summed E-state index contributed by atoms with van der Waals surface area (Å²) in [6.07, 6.45) is 10.9. The molecule has 3 heteroatoms. The number of nitrogens with zero attached hydrogens (tertiary/aromatic N) is 1. The van der Waals surface area contributed by atoms with E-state index in [4.69, 9.17) is 5.11 Å². The Morgan fingerprint density at radius 2 is 2.22 bits per heavy atom. The number of hydrogen-bond donors (Lipinski definition) is 1. The van der Waals surface area contributed by atoms with Crippen molar-refractivity contribution in [1.82, 2.24) is 5.06 Å². The number of rotatable bonds is 8. The van der Waals surface area contributed by atoms with Gasteiger partial charge in [-0.1, -0.05) is 32.4 Å². The van der Waals surface area contributed by atoms with Gasteiger partial charge in [0.2, 0.25) is 0 Å². The van der Waals surface area contributed by atoms with E-state index < -0.39 is 0 Å². The molecule has 1 heterocycles. The minimum atomic E-state index is 0.134. The van der Waals surface area contributed by atoms with E-state index in [0.717, 1.165) is 19.3 Å². The molecule has 3 unspecified atom stereocenters. The average Bonchev–Trinajstić information content (AvgIpc) is 3.23. The van der Waals surface area contributed by atoms with Gasteiger partial charge >= 0.3 is 0 Å². The maximum absolute atomic E-state index is 11.7. The first-order valence-electron chi connectivity index (χ1n) is 7.37. The van der Waals surface area contributed by atoms with E-state index in [1.165, 1.54) is 24.3 Å². The number of hydrogen-bond acceptors (Lipinski definition) is 3. The van der Waals surface area contributed by atoms with Crippen LogP contribution in [0.3, 0.4) is 0 Å². The second-order valence-electron chi connectivity index (χ2n) is 6.17. The Morgan fingerprint density at radius 1 is 1.50 bits per heavy atom. The third kappa shape index (κ3) is 3.14. The molecule has 0 radical (unpaired) electrons. The summed E-state index contributed by atoms with van der Waals surface area (Å²) < 4.78 is 0. The van der Waals surface area contributed by atoms with Gasteiger partial charge in [-0.15, -0.1) is 0 Å². The molecule has 2 aliphatic rings. The molecule has 0 aromatic carbocycles. The standard InChI is InChI=1S/C15H26NO2/c1-3-5-12(2)14-13(16(14)18)6-8-15(9-10-15)7-4-11-17/h4,7,12-14,17H,3,5-6,8-11H2,1-2H3/q-1/b7-4+/t12-,13?,14?,16?/m1/s1. The van der Waals surface area contributed by atoms with Crippen molar-refractivity contribution in [3.63, 3.8) is 0 Å². The van der Waals surface area contributed by atoms with E-state index in [0.29, 0.717) is 11.3 Å². The largest absolute Gasteiger partial charge is 0.785 e. The lowest BCUT2D eigenvalue weighted by atomic mass is 9.94. The normalized spacial score (nSPS) is 34.8. The average molecular weight is 252 g/mol. The third-order valence-electron chi connectivity index (χ3n) is 4.66. The lowest BCUT2D eigenvalue weighted by Gasteiger charge is -2.11. The molecular formula is C15H26NO2-. The minimum absolute atomic E-state index is 0.134. The van der Waals surface area contributed by atoms with Crippen molar-refractivity contribution >= 4 is 0 Å². The van der Waals surface area contributed by atoms with E-state index in [-0.39, 0.29) is 18.7 Å². The Kier molecular flexibility index (Phi) is 4.46. The van der Waals surface area contributed by atoms with E-state index >= 15 is 0 Å². The molecular weight excluding hydrogens is 226 g/mol. The first kappa shape index (κ1) is 14.0. The molecule has 2 rings (SSSR count). The second kappa shape index (κ2) is 5.72. The molecule has 1 saturated heterocycles. The summed E-state index contributed by atoms with van der Waals surface area (Å²) in [6, 6.07) is 0.550. The summed E-state index contributed by atoms with van der Waals surface area (Å²) in [7, 11) is 0. The molecule has 18 heavy (non-hydrogen) atoms.